The molecule has 1 fully saturated rings. The second kappa shape index (κ2) is 10.4. The van der Waals surface area contributed by atoms with Crippen LogP contribution in [0.5, 0.6) is 0 Å². The molecule has 13 heteroatoms. The third kappa shape index (κ3) is 6.37. The first kappa shape index (κ1) is 25.0. The van der Waals surface area contributed by atoms with Gasteiger partial charge in [-0.1, -0.05) is 12.8 Å². The molecule has 1 aliphatic heterocycles. The van der Waals surface area contributed by atoms with Gasteiger partial charge < -0.3 is 10.2 Å². The van der Waals surface area contributed by atoms with Gasteiger partial charge in [0.15, 0.2) is 0 Å². The molecule has 0 unspecified atom stereocenters. The van der Waals surface area contributed by atoms with Gasteiger partial charge in [-0.3, -0.25) is 14.3 Å². The monoisotopic (exact) mass is 474 g/mol. The molecule has 0 spiro atoms. The Labute approximate surface area is 182 Å². The van der Waals surface area contributed by atoms with Crippen LogP contribution in [0, 0.1) is 22.5 Å². The molecule has 1 aromatic rings. The molecule has 1 heterocycles. The fraction of sp³-hybridized carbons (Fsp3) is 0.556. The SMILES string of the molecule is C#Cc1cc([N+](=O)[O-])cc(S(=O)(=O)N2CCNCC2)c1N(CCC)CCOS(C)(=O)=O. The first-order chi connectivity index (χ1) is 14.5. The molecule has 2 rings (SSSR count). The highest BCUT2D eigenvalue weighted by Gasteiger charge is 2.33. The molecule has 0 aliphatic carbocycles. The summed E-state index contributed by atoms with van der Waals surface area (Å²) in [5, 5.41) is 14.5. The Morgan fingerprint density at radius 1 is 1.26 bits per heavy atom. The molecule has 0 aromatic heterocycles. The maximum absolute atomic E-state index is 13.4. The van der Waals surface area contributed by atoms with Crippen molar-refractivity contribution in [2.45, 2.75) is 18.2 Å². The Balaban J connectivity index is 2.64. The topological polar surface area (TPSA) is 139 Å². The van der Waals surface area contributed by atoms with Crippen LogP contribution in [-0.4, -0.2) is 78.2 Å². The number of rotatable bonds is 10. The summed E-state index contributed by atoms with van der Waals surface area (Å²) >= 11 is 0. The van der Waals surface area contributed by atoms with E-state index in [1.54, 1.807) is 4.90 Å². The minimum atomic E-state index is -4.11. The van der Waals surface area contributed by atoms with Gasteiger partial charge in [0.1, 0.15) is 4.90 Å². The van der Waals surface area contributed by atoms with E-state index in [0.29, 0.717) is 26.1 Å². The minimum Gasteiger partial charge on any atom is -0.367 e. The van der Waals surface area contributed by atoms with Crippen molar-refractivity contribution in [2.75, 3.05) is 57.0 Å². The quantitative estimate of drug-likeness (QED) is 0.220. The summed E-state index contributed by atoms with van der Waals surface area (Å²) < 4.78 is 55.6. The number of nitrogens with zero attached hydrogens (tertiary/aromatic N) is 3. The van der Waals surface area contributed by atoms with Crippen molar-refractivity contribution < 1.29 is 25.9 Å². The van der Waals surface area contributed by atoms with E-state index in [9.17, 15) is 26.9 Å². The van der Waals surface area contributed by atoms with E-state index in [-0.39, 0.29) is 42.4 Å². The molecule has 31 heavy (non-hydrogen) atoms. The number of nitro groups is 1. The number of non-ortho nitro benzene ring substituents is 1. The lowest BCUT2D eigenvalue weighted by molar-refractivity contribution is -0.385. The summed E-state index contributed by atoms with van der Waals surface area (Å²) in [6, 6.07) is 2.15. The van der Waals surface area contributed by atoms with Gasteiger partial charge in [0.2, 0.25) is 10.0 Å². The Hall–Kier alpha value is -2.24. The van der Waals surface area contributed by atoms with Crippen LogP contribution in [0.1, 0.15) is 18.9 Å². The molecule has 1 saturated heterocycles. The highest BCUT2D eigenvalue weighted by Crippen LogP contribution is 2.35. The molecule has 0 radical (unpaired) electrons. The third-order valence-corrected chi connectivity index (χ3v) is 7.10. The molecule has 0 atom stereocenters. The van der Waals surface area contributed by atoms with Crippen LogP contribution in [0.25, 0.3) is 0 Å². The lowest BCUT2D eigenvalue weighted by Crippen LogP contribution is -2.46. The summed E-state index contributed by atoms with van der Waals surface area (Å²) in [6.45, 7) is 3.31. The molecule has 1 N–H and O–H groups in total. The smallest absolute Gasteiger partial charge is 0.272 e. The average molecular weight is 475 g/mol. The van der Waals surface area contributed by atoms with Crippen molar-refractivity contribution in [3.8, 4) is 12.3 Å². The number of nitro benzene ring substituents is 1. The van der Waals surface area contributed by atoms with E-state index >= 15 is 0 Å². The maximum atomic E-state index is 13.4. The van der Waals surface area contributed by atoms with Gasteiger partial charge in [0, 0.05) is 51.4 Å². The zero-order valence-electron chi connectivity index (χ0n) is 17.4. The molecule has 172 valence electrons. The second-order valence-corrected chi connectivity index (χ2v) is 10.5. The van der Waals surface area contributed by atoms with Gasteiger partial charge in [0.05, 0.1) is 29.0 Å². The number of hydrogen-bond donors (Lipinski definition) is 1. The minimum absolute atomic E-state index is 0.0253. The largest absolute Gasteiger partial charge is 0.367 e. The van der Waals surface area contributed by atoms with Crippen LogP contribution in [0.4, 0.5) is 11.4 Å². The predicted molar refractivity (Wildman–Crippen MR) is 116 cm³/mol. The van der Waals surface area contributed by atoms with Crippen molar-refractivity contribution in [3.63, 3.8) is 0 Å². The van der Waals surface area contributed by atoms with E-state index in [2.05, 4.69) is 11.2 Å². The van der Waals surface area contributed by atoms with Crippen LogP contribution in [0.15, 0.2) is 17.0 Å². The van der Waals surface area contributed by atoms with Gasteiger partial charge in [-0.15, -0.1) is 6.42 Å². The van der Waals surface area contributed by atoms with Crippen molar-refractivity contribution in [3.05, 3.63) is 27.8 Å². The van der Waals surface area contributed by atoms with Crippen LogP contribution in [0.3, 0.4) is 0 Å². The summed E-state index contributed by atoms with van der Waals surface area (Å²) in [5.41, 5.74) is -0.268. The summed E-state index contributed by atoms with van der Waals surface area (Å²) in [6.07, 6.45) is 7.10. The first-order valence-electron chi connectivity index (χ1n) is 9.60. The molecular formula is C18H26N4O7S2. The zero-order chi connectivity index (χ0) is 23.2. The summed E-state index contributed by atoms with van der Waals surface area (Å²) in [5.74, 6) is 2.35. The van der Waals surface area contributed by atoms with Gasteiger partial charge in [-0.25, -0.2) is 8.42 Å². The lowest BCUT2D eigenvalue weighted by Gasteiger charge is -2.31. The van der Waals surface area contributed by atoms with Crippen molar-refractivity contribution >= 4 is 31.5 Å². The Morgan fingerprint density at radius 2 is 1.90 bits per heavy atom. The first-order valence-corrected chi connectivity index (χ1v) is 12.9. The highest BCUT2D eigenvalue weighted by molar-refractivity contribution is 7.89. The van der Waals surface area contributed by atoms with Gasteiger partial charge in [0.25, 0.3) is 15.8 Å². The van der Waals surface area contributed by atoms with E-state index < -0.39 is 30.8 Å². The maximum Gasteiger partial charge on any atom is 0.272 e. The summed E-state index contributed by atoms with van der Waals surface area (Å²) in [7, 11) is -7.80. The van der Waals surface area contributed by atoms with E-state index in [1.165, 1.54) is 4.31 Å². The number of terminal acetylenes is 1. The highest BCUT2D eigenvalue weighted by atomic mass is 32.2. The van der Waals surface area contributed by atoms with Crippen molar-refractivity contribution in [1.82, 2.24) is 9.62 Å². The Bertz CT molecular complexity index is 1060. The van der Waals surface area contributed by atoms with E-state index in [1.807, 2.05) is 6.92 Å². The summed E-state index contributed by atoms with van der Waals surface area (Å²) in [4.78, 5) is 12.1. The van der Waals surface area contributed by atoms with Gasteiger partial charge in [-0.2, -0.15) is 12.7 Å². The third-order valence-electron chi connectivity index (χ3n) is 4.59. The molecule has 11 nitrogen and oxygen atoms in total. The lowest BCUT2D eigenvalue weighted by atomic mass is 10.1. The van der Waals surface area contributed by atoms with Gasteiger partial charge >= 0.3 is 0 Å². The molecule has 1 aliphatic rings. The van der Waals surface area contributed by atoms with Gasteiger partial charge in [-0.05, 0) is 6.42 Å². The Kier molecular flexibility index (Phi) is 8.38. The van der Waals surface area contributed by atoms with Crippen molar-refractivity contribution in [2.24, 2.45) is 0 Å². The van der Waals surface area contributed by atoms with Crippen LogP contribution in [-0.2, 0) is 24.3 Å². The number of benzene rings is 1. The number of sulfonamides is 1. The molecular weight excluding hydrogens is 448 g/mol. The van der Waals surface area contributed by atoms with E-state index in [0.717, 1.165) is 18.4 Å². The van der Waals surface area contributed by atoms with Crippen LogP contribution < -0.4 is 10.2 Å². The second-order valence-electron chi connectivity index (χ2n) is 6.91. The predicted octanol–water partition coefficient (Wildman–Crippen LogP) is 0.363. The zero-order valence-corrected chi connectivity index (χ0v) is 19.0. The van der Waals surface area contributed by atoms with E-state index in [4.69, 9.17) is 10.6 Å². The number of anilines is 1. The molecule has 1 aromatic carbocycles. The standard InChI is InChI=1S/C18H26N4O7S2/c1-4-8-20(11-12-29-30(3,25)26)18-15(5-2)13-16(22(23)24)14-17(18)31(27,28)21-9-6-19-7-10-21/h2,13-14,19H,4,6-12H2,1,3H3. The van der Waals surface area contributed by atoms with Crippen LogP contribution in [0.2, 0.25) is 0 Å². The fourth-order valence-electron chi connectivity index (χ4n) is 3.26. The molecule has 0 amide bonds. The Morgan fingerprint density at radius 3 is 2.42 bits per heavy atom. The molecule has 0 saturated carbocycles. The van der Waals surface area contributed by atoms with Crippen LogP contribution >= 0.6 is 0 Å². The normalized spacial score (nSPS) is 15.4. The van der Waals surface area contributed by atoms with Crippen molar-refractivity contribution in [1.29, 1.82) is 0 Å². The fourth-order valence-corrected chi connectivity index (χ4v) is 5.33. The number of nitrogens with one attached hydrogen (secondary N) is 1. The average Bonchev–Trinajstić information content (AvgIpc) is 2.71. The number of piperazine rings is 1. The molecule has 0 bridgehead atoms. The number of hydrogen-bond acceptors (Lipinski definition) is 9.